The quantitative estimate of drug-likeness (QED) is 0.508. The summed E-state index contributed by atoms with van der Waals surface area (Å²) in [6.45, 7) is 9.05. The molecule has 2 aliphatic rings. The molecular weight excluding hydrogens is 466 g/mol. The normalized spacial score (nSPS) is 20.9. The second-order valence-corrected chi connectivity index (χ2v) is 10.1. The molecule has 0 bridgehead atoms. The highest BCUT2D eigenvalue weighted by molar-refractivity contribution is 6.09. The van der Waals surface area contributed by atoms with Crippen LogP contribution in [0.5, 0.6) is 0 Å². The van der Waals surface area contributed by atoms with Crippen molar-refractivity contribution in [3.8, 4) is 0 Å². The molecule has 2 aliphatic heterocycles. The number of urea groups is 1. The first kappa shape index (κ1) is 24.9. The maximum absolute atomic E-state index is 13.5. The van der Waals surface area contributed by atoms with Crippen LogP contribution in [0.15, 0.2) is 60.7 Å². The van der Waals surface area contributed by atoms with Crippen molar-refractivity contribution < 1.29 is 14.4 Å². The van der Waals surface area contributed by atoms with Gasteiger partial charge in [-0.15, -0.1) is 0 Å². The molecule has 37 heavy (non-hydrogen) atoms. The molecule has 0 aliphatic carbocycles. The lowest BCUT2D eigenvalue weighted by molar-refractivity contribution is -0.132. The van der Waals surface area contributed by atoms with Crippen LogP contribution in [-0.2, 0) is 15.1 Å². The van der Waals surface area contributed by atoms with E-state index in [1.807, 2.05) is 74.5 Å². The smallest absolute Gasteiger partial charge is 0.325 e. The summed E-state index contributed by atoms with van der Waals surface area (Å²) < 4.78 is 0. The molecule has 0 spiro atoms. The topological polar surface area (TPSA) is 85.0 Å². The van der Waals surface area contributed by atoms with Crippen molar-refractivity contribution in [3.63, 3.8) is 0 Å². The highest BCUT2D eigenvalue weighted by Crippen LogP contribution is 2.34. The largest absolute Gasteiger partial charge is 0.326 e. The molecule has 8 nitrogen and oxygen atoms in total. The van der Waals surface area contributed by atoms with E-state index in [-0.39, 0.29) is 24.5 Å². The Balaban J connectivity index is 1.19. The van der Waals surface area contributed by atoms with E-state index in [1.54, 1.807) is 6.92 Å². The summed E-state index contributed by atoms with van der Waals surface area (Å²) in [7, 11) is 0. The van der Waals surface area contributed by atoms with Crippen LogP contribution in [0.25, 0.3) is 10.8 Å². The van der Waals surface area contributed by atoms with E-state index < -0.39 is 5.54 Å². The third-order valence-corrected chi connectivity index (χ3v) is 7.66. The molecule has 2 heterocycles. The molecule has 8 heteroatoms. The molecule has 5 rings (SSSR count). The average Bonchev–Trinajstić information content (AvgIpc) is 3.11. The van der Waals surface area contributed by atoms with Gasteiger partial charge in [0.1, 0.15) is 5.54 Å². The van der Waals surface area contributed by atoms with Crippen molar-refractivity contribution in [2.75, 3.05) is 44.7 Å². The van der Waals surface area contributed by atoms with Gasteiger partial charge in [0.2, 0.25) is 5.91 Å². The zero-order valence-electron chi connectivity index (χ0n) is 21.6. The molecule has 2 fully saturated rings. The number of anilines is 1. The number of imide groups is 1. The highest BCUT2D eigenvalue weighted by Gasteiger charge is 2.50. The van der Waals surface area contributed by atoms with Crippen molar-refractivity contribution in [1.82, 2.24) is 20.0 Å². The van der Waals surface area contributed by atoms with Crippen molar-refractivity contribution >= 4 is 34.3 Å². The minimum absolute atomic E-state index is 0.0397. The zero-order valence-corrected chi connectivity index (χ0v) is 21.6. The number of piperazine rings is 1. The maximum atomic E-state index is 13.5. The van der Waals surface area contributed by atoms with Crippen molar-refractivity contribution in [2.24, 2.45) is 0 Å². The van der Waals surface area contributed by atoms with Gasteiger partial charge in [-0.3, -0.25) is 19.4 Å². The molecule has 0 saturated carbocycles. The van der Waals surface area contributed by atoms with Crippen LogP contribution >= 0.6 is 0 Å². The summed E-state index contributed by atoms with van der Waals surface area (Å²) in [5.74, 6) is -0.286. The van der Waals surface area contributed by atoms with Gasteiger partial charge in [0, 0.05) is 31.9 Å². The number of benzene rings is 3. The van der Waals surface area contributed by atoms with Crippen LogP contribution in [0, 0.1) is 13.8 Å². The fourth-order valence-corrected chi connectivity index (χ4v) is 5.24. The van der Waals surface area contributed by atoms with Crippen molar-refractivity contribution in [3.05, 3.63) is 77.4 Å². The summed E-state index contributed by atoms with van der Waals surface area (Å²) in [6.07, 6.45) is 0. The number of nitrogens with zero attached hydrogens (tertiary/aromatic N) is 3. The van der Waals surface area contributed by atoms with Crippen LogP contribution in [0.2, 0.25) is 0 Å². The first-order chi connectivity index (χ1) is 17.8. The van der Waals surface area contributed by atoms with Gasteiger partial charge < -0.3 is 10.6 Å². The minimum atomic E-state index is -1.12. The number of hydrogen-bond donors (Lipinski definition) is 2. The van der Waals surface area contributed by atoms with Crippen LogP contribution < -0.4 is 10.6 Å². The molecule has 0 radical (unpaired) electrons. The Labute approximate surface area is 217 Å². The van der Waals surface area contributed by atoms with Crippen molar-refractivity contribution in [1.29, 1.82) is 0 Å². The summed E-state index contributed by atoms with van der Waals surface area (Å²) in [4.78, 5) is 44.6. The van der Waals surface area contributed by atoms with E-state index >= 15 is 0 Å². The summed E-state index contributed by atoms with van der Waals surface area (Å²) >= 11 is 0. The van der Waals surface area contributed by atoms with Crippen LogP contribution in [0.3, 0.4) is 0 Å². The third kappa shape index (κ3) is 4.82. The van der Waals surface area contributed by atoms with Gasteiger partial charge in [-0.1, -0.05) is 54.6 Å². The number of nitrogens with one attached hydrogen (secondary N) is 2. The molecule has 1 atom stereocenters. The Hall–Kier alpha value is -3.75. The van der Waals surface area contributed by atoms with E-state index in [4.69, 9.17) is 0 Å². The Morgan fingerprint density at radius 3 is 2.38 bits per heavy atom. The standard InChI is InChI=1S/C29H33N5O3/c1-20-8-6-13-25(21(20)2)30-26(35)18-32-14-16-33(17-15-32)19-34-27(36)29(3,31-28(34)37)24-12-7-10-22-9-4-5-11-23(22)24/h4-13H,14-19H2,1-3H3,(H,30,35)(H,31,37)/t29-/m1/s1. The first-order valence-corrected chi connectivity index (χ1v) is 12.7. The van der Waals surface area contributed by atoms with Crippen LogP contribution in [-0.4, -0.2) is 71.9 Å². The molecule has 2 saturated heterocycles. The highest BCUT2D eigenvalue weighted by atomic mass is 16.2. The van der Waals surface area contributed by atoms with Gasteiger partial charge in [-0.05, 0) is 54.3 Å². The Morgan fingerprint density at radius 1 is 0.919 bits per heavy atom. The molecule has 0 unspecified atom stereocenters. The number of hydrogen-bond acceptors (Lipinski definition) is 5. The van der Waals surface area contributed by atoms with E-state index in [9.17, 15) is 14.4 Å². The second kappa shape index (κ2) is 9.95. The molecule has 4 amide bonds. The van der Waals surface area contributed by atoms with Gasteiger partial charge in [-0.25, -0.2) is 9.69 Å². The van der Waals surface area contributed by atoms with Gasteiger partial charge in [-0.2, -0.15) is 0 Å². The molecular formula is C29H33N5O3. The number of aryl methyl sites for hydroxylation is 1. The summed E-state index contributed by atoms with van der Waals surface area (Å²) in [5, 5.41) is 7.94. The van der Waals surface area contributed by atoms with Gasteiger partial charge in [0.25, 0.3) is 5.91 Å². The number of rotatable bonds is 6. The summed E-state index contributed by atoms with van der Waals surface area (Å²) in [5.41, 5.74) is 2.74. The fourth-order valence-electron chi connectivity index (χ4n) is 5.24. The van der Waals surface area contributed by atoms with E-state index in [2.05, 4.69) is 20.4 Å². The Bertz CT molecular complexity index is 1360. The molecule has 192 valence electrons. The van der Waals surface area contributed by atoms with Gasteiger partial charge >= 0.3 is 6.03 Å². The van der Waals surface area contributed by atoms with E-state index in [0.29, 0.717) is 32.7 Å². The Kier molecular flexibility index (Phi) is 6.70. The summed E-state index contributed by atoms with van der Waals surface area (Å²) in [6, 6.07) is 19.2. The van der Waals surface area contributed by atoms with Gasteiger partial charge in [0.15, 0.2) is 0 Å². The predicted molar refractivity (Wildman–Crippen MR) is 144 cm³/mol. The van der Waals surface area contributed by atoms with E-state index in [0.717, 1.165) is 33.2 Å². The second-order valence-electron chi connectivity index (χ2n) is 10.1. The zero-order chi connectivity index (χ0) is 26.2. The minimum Gasteiger partial charge on any atom is -0.325 e. The van der Waals surface area contributed by atoms with Crippen molar-refractivity contribution in [2.45, 2.75) is 26.3 Å². The number of amides is 4. The fraction of sp³-hybridized carbons (Fsp3) is 0.345. The predicted octanol–water partition coefficient (Wildman–Crippen LogP) is 3.44. The Morgan fingerprint density at radius 2 is 1.59 bits per heavy atom. The van der Waals surface area contributed by atoms with Crippen LogP contribution in [0.4, 0.5) is 10.5 Å². The number of carbonyl (C=O) groups is 3. The first-order valence-electron chi connectivity index (χ1n) is 12.7. The maximum Gasteiger partial charge on any atom is 0.326 e. The van der Waals surface area contributed by atoms with E-state index in [1.165, 1.54) is 4.90 Å². The average molecular weight is 500 g/mol. The number of fused-ring (bicyclic) bond motifs is 1. The SMILES string of the molecule is Cc1cccc(NC(=O)CN2CCN(CN3C(=O)N[C@](C)(c4cccc5ccccc45)C3=O)CC2)c1C. The molecule has 2 N–H and O–H groups in total. The number of carbonyl (C=O) groups excluding carboxylic acids is 3. The lowest BCUT2D eigenvalue weighted by Gasteiger charge is -2.35. The lowest BCUT2D eigenvalue weighted by Crippen LogP contribution is -2.52. The molecule has 3 aromatic rings. The van der Waals surface area contributed by atoms with Gasteiger partial charge in [0.05, 0.1) is 13.2 Å². The molecule has 3 aromatic carbocycles. The molecule has 0 aromatic heterocycles. The lowest BCUT2D eigenvalue weighted by atomic mass is 9.88. The van der Waals surface area contributed by atoms with Crippen LogP contribution in [0.1, 0.15) is 23.6 Å². The monoisotopic (exact) mass is 499 g/mol. The third-order valence-electron chi connectivity index (χ3n) is 7.66.